The second-order valence-corrected chi connectivity index (χ2v) is 15.9. The molecular formula is C39H40FN5O5S. The Bertz CT molecular complexity index is 2460. The molecule has 3 aromatic heterocycles. The minimum Gasteiger partial charge on any atom is -0.478 e. The van der Waals surface area contributed by atoms with Crippen LogP contribution in [-0.4, -0.2) is 57.8 Å². The first-order chi connectivity index (χ1) is 24.2. The quantitative estimate of drug-likeness (QED) is 0.167. The van der Waals surface area contributed by atoms with Crippen molar-refractivity contribution in [1.82, 2.24) is 24.2 Å². The molecule has 2 aliphatic rings. The van der Waals surface area contributed by atoms with E-state index in [4.69, 9.17) is 5.11 Å². The number of aromatic carboxylic acids is 1. The first kappa shape index (κ1) is 34.4. The Morgan fingerprint density at radius 2 is 1.53 bits per heavy atom. The number of carboxylic acids is 1. The molecule has 51 heavy (non-hydrogen) atoms. The van der Waals surface area contributed by atoms with Gasteiger partial charge in [0, 0.05) is 89.5 Å². The molecule has 6 aromatic rings. The van der Waals surface area contributed by atoms with Crippen molar-refractivity contribution >= 4 is 54.5 Å². The van der Waals surface area contributed by atoms with Crippen molar-refractivity contribution in [1.29, 1.82) is 0 Å². The number of aromatic nitrogens is 3. The molecule has 0 aliphatic heterocycles. The number of alkyl halides is 1. The van der Waals surface area contributed by atoms with Crippen LogP contribution in [0.4, 0.5) is 4.39 Å². The van der Waals surface area contributed by atoms with Gasteiger partial charge in [-0.3, -0.25) is 9.78 Å². The Morgan fingerprint density at radius 3 is 2.14 bits per heavy atom. The van der Waals surface area contributed by atoms with E-state index in [1.165, 1.54) is 13.8 Å². The summed E-state index contributed by atoms with van der Waals surface area (Å²) in [5, 5.41) is 15.0. The average Bonchev–Trinajstić information content (AvgIpc) is 3.67. The normalized spacial score (nSPS) is 15.9. The average molecular weight is 710 g/mol. The molecule has 8 rings (SSSR count). The number of para-hydroxylation sites is 2. The number of halogens is 1. The number of nitrogens with one attached hydrogen (secondary N) is 2. The summed E-state index contributed by atoms with van der Waals surface area (Å²) in [6, 6.07) is 18.8. The lowest BCUT2D eigenvalue weighted by Gasteiger charge is -2.18. The van der Waals surface area contributed by atoms with Crippen LogP contribution in [0.25, 0.3) is 32.6 Å². The Morgan fingerprint density at radius 1 is 0.922 bits per heavy atom. The van der Waals surface area contributed by atoms with Crippen molar-refractivity contribution in [3.63, 3.8) is 0 Å². The molecule has 1 atom stereocenters. The van der Waals surface area contributed by atoms with Crippen molar-refractivity contribution < 1.29 is 27.5 Å². The number of fused-ring (bicyclic) bond motifs is 4. The van der Waals surface area contributed by atoms with Gasteiger partial charge >= 0.3 is 5.97 Å². The molecular weight excluding hydrogens is 670 g/mol. The number of benzene rings is 3. The fourth-order valence-electron chi connectivity index (χ4n) is 7.01. The third-order valence-corrected chi connectivity index (χ3v) is 11.2. The third-order valence-electron chi connectivity index (χ3n) is 9.66. The maximum Gasteiger partial charge on any atom is 0.337 e. The minimum absolute atomic E-state index is 0.181. The molecule has 10 nitrogen and oxygen atoms in total. The molecule has 0 unspecified atom stereocenters. The molecule has 0 radical (unpaired) electrons. The van der Waals surface area contributed by atoms with Crippen molar-refractivity contribution in [3.8, 4) is 0 Å². The van der Waals surface area contributed by atoms with Crippen LogP contribution in [0.1, 0.15) is 70.1 Å². The molecule has 0 bridgehead atoms. The predicted molar refractivity (Wildman–Crippen MR) is 196 cm³/mol. The summed E-state index contributed by atoms with van der Waals surface area (Å²) in [6.07, 6.45) is 8.15. The van der Waals surface area contributed by atoms with E-state index in [2.05, 4.69) is 15.0 Å². The van der Waals surface area contributed by atoms with Crippen LogP contribution >= 0.6 is 0 Å². The molecule has 264 valence electrons. The fraction of sp³-hybridized carbons (Fsp3) is 0.308. The molecule has 1 fully saturated rings. The van der Waals surface area contributed by atoms with Gasteiger partial charge in [0.15, 0.2) is 0 Å². The second kappa shape index (κ2) is 12.9. The zero-order valence-corrected chi connectivity index (χ0v) is 29.7. The van der Waals surface area contributed by atoms with E-state index in [0.717, 1.165) is 51.3 Å². The predicted octanol–water partition coefficient (Wildman–Crippen LogP) is 6.40. The van der Waals surface area contributed by atoms with E-state index in [1.807, 2.05) is 90.1 Å². The van der Waals surface area contributed by atoms with Crippen LogP contribution < -0.4 is 10.0 Å². The van der Waals surface area contributed by atoms with Crippen LogP contribution in [0.3, 0.4) is 0 Å². The lowest BCUT2D eigenvalue weighted by Crippen LogP contribution is -2.36. The fourth-order valence-corrected chi connectivity index (χ4v) is 8.70. The van der Waals surface area contributed by atoms with Gasteiger partial charge in [-0.1, -0.05) is 36.4 Å². The molecule has 1 amide bonds. The zero-order valence-electron chi connectivity index (χ0n) is 28.9. The number of hydrogen-bond acceptors (Lipinski definition) is 5. The number of sulfonamides is 1. The highest BCUT2D eigenvalue weighted by molar-refractivity contribution is 7.89. The monoisotopic (exact) mass is 709 g/mol. The Kier molecular flexibility index (Phi) is 8.71. The van der Waals surface area contributed by atoms with Gasteiger partial charge in [-0.2, -0.15) is 0 Å². The number of rotatable bonds is 8. The van der Waals surface area contributed by atoms with E-state index < -0.39 is 21.7 Å². The lowest BCUT2D eigenvalue weighted by molar-refractivity contribution is 0.0698. The topological polar surface area (TPSA) is 135 Å². The number of carboxylic acid groups (broad SMARTS) is 1. The summed E-state index contributed by atoms with van der Waals surface area (Å²) < 4.78 is 47.9. The van der Waals surface area contributed by atoms with Crippen molar-refractivity contribution in [2.45, 2.75) is 62.1 Å². The van der Waals surface area contributed by atoms with Crippen molar-refractivity contribution in [3.05, 3.63) is 107 Å². The number of amides is 1. The van der Waals surface area contributed by atoms with E-state index in [9.17, 15) is 22.4 Å². The highest BCUT2D eigenvalue weighted by atomic mass is 32.2. The van der Waals surface area contributed by atoms with Gasteiger partial charge in [0.1, 0.15) is 5.67 Å². The van der Waals surface area contributed by atoms with Gasteiger partial charge in [-0.25, -0.2) is 22.3 Å². The number of carbonyl (C=O) groups is 2. The molecule has 3 heterocycles. The standard InChI is InChI=1S/C29H31FN4O3S.C10H9NO2/c1-29(2,30)16-32-38(36,37)27-22-12-20(33-28(35)24-15-34(3)26-7-5-4-6-21(24)26)11-18(22)10-19-14-31-25(13-23(19)27)17-8-9-17;1-11-6-8(10(12)13)7-4-2-3-5-9(7)11/h4-7,10,13-15,17,20,32H,8-9,11-12,16H2,1-3H3,(H,33,35);2-6H,1H3,(H,12,13)/t20-;/m1./s1. The van der Waals surface area contributed by atoms with Crippen LogP contribution in [0.15, 0.2) is 84.1 Å². The van der Waals surface area contributed by atoms with Crippen molar-refractivity contribution in [2.24, 2.45) is 14.1 Å². The summed E-state index contributed by atoms with van der Waals surface area (Å²) in [7, 11) is -0.283. The smallest absolute Gasteiger partial charge is 0.337 e. The van der Waals surface area contributed by atoms with E-state index in [0.29, 0.717) is 40.8 Å². The number of carbonyl (C=O) groups excluding carboxylic acids is 1. The van der Waals surface area contributed by atoms with E-state index >= 15 is 0 Å². The maximum absolute atomic E-state index is 14.3. The summed E-state index contributed by atoms with van der Waals surface area (Å²) in [6.45, 7) is 2.36. The Labute approximate surface area is 295 Å². The highest BCUT2D eigenvalue weighted by Gasteiger charge is 2.34. The van der Waals surface area contributed by atoms with Gasteiger partial charge < -0.3 is 19.6 Å². The van der Waals surface area contributed by atoms with Gasteiger partial charge in [-0.15, -0.1) is 0 Å². The Balaban J connectivity index is 0.000000262. The summed E-state index contributed by atoms with van der Waals surface area (Å²) in [5.41, 5.74) is 3.59. The van der Waals surface area contributed by atoms with Crippen molar-refractivity contribution in [2.75, 3.05) is 6.54 Å². The summed E-state index contributed by atoms with van der Waals surface area (Å²) >= 11 is 0. The van der Waals surface area contributed by atoms with Gasteiger partial charge in [-0.05, 0) is 74.9 Å². The van der Waals surface area contributed by atoms with Gasteiger partial charge in [0.2, 0.25) is 10.0 Å². The summed E-state index contributed by atoms with van der Waals surface area (Å²) in [4.78, 5) is 28.9. The minimum atomic E-state index is -4.03. The zero-order chi connectivity index (χ0) is 36.2. The summed E-state index contributed by atoms with van der Waals surface area (Å²) in [5.74, 6) is -0.714. The largest absolute Gasteiger partial charge is 0.478 e. The molecule has 0 spiro atoms. The van der Waals surface area contributed by atoms with Crippen LogP contribution in [0.2, 0.25) is 0 Å². The SMILES string of the molecule is Cn1cc(C(=O)N[C@@H]2Cc3cc4cnc(C5CC5)cc4c(S(=O)(=O)NCC(C)(C)F)c3C2)c2ccccc21.Cn1cc(C(=O)O)c2ccccc21. The lowest BCUT2D eigenvalue weighted by atomic mass is 10.0. The first-order valence-electron chi connectivity index (χ1n) is 17.0. The Hall–Kier alpha value is -5.07. The molecule has 3 N–H and O–H groups in total. The molecule has 2 aliphatic carbocycles. The third kappa shape index (κ3) is 6.85. The molecule has 12 heteroatoms. The van der Waals surface area contributed by atoms with Crippen LogP contribution in [0, 0.1) is 0 Å². The molecule has 3 aromatic carbocycles. The van der Waals surface area contributed by atoms with Gasteiger partial charge in [0.05, 0.1) is 16.0 Å². The highest BCUT2D eigenvalue weighted by Crippen LogP contribution is 2.42. The number of pyridine rings is 1. The number of hydrogen-bond donors (Lipinski definition) is 3. The van der Waals surface area contributed by atoms with E-state index in [1.54, 1.807) is 12.4 Å². The number of aryl methyl sites for hydroxylation is 2. The van der Waals surface area contributed by atoms with E-state index in [-0.39, 0.29) is 23.4 Å². The first-order valence-corrected chi connectivity index (χ1v) is 18.4. The van der Waals surface area contributed by atoms with Crippen LogP contribution in [-0.2, 0) is 37.0 Å². The molecule has 1 saturated carbocycles. The number of nitrogens with zero attached hydrogens (tertiary/aromatic N) is 3. The molecule has 0 saturated heterocycles. The van der Waals surface area contributed by atoms with Crippen LogP contribution in [0.5, 0.6) is 0 Å². The second-order valence-electron chi connectivity index (χ2n) is 14.2. The van der Waals surface area contributed by atoms with Gasteiger partial charge in [0.25, 0.3) is 5.91 Å². The maximum atomic E-state index is 14.3.